The average molecular weight is 226 g/mol. The molecule has 0 amide bonds. The molecule has 1 aliphatic rings. The molecule has 16 heavy (non-hydrogen) atoms. The van der Waals surface area contributed by atoms with E-state index >= 15 is 0 Å². The maximum atomic E-state index is 3.54. The SMILES string of the molecule is CC(C)CCCNCCN(C)C(C)C1CC1. The first-order chi connectivity index (χ1) is 7.61. The molecule has 1 rings (SSSR count). The molecule has 96 valence electrons. The molecule has 0 aromatic carbocycles. The Morgan fingerprint density at radius 3 is 2.44 bits per heavy atom. The lowest BCUT2D eigenvalue weighted by Crippen LogP contribution is -2.36. The highest BCUT2D eigenvalue weighted by Crippen LogP contribution is 2.34. The zero-order chi connectivity index (χ0) is 12.0. The van der Waals surface area contributed by atoms with Gasteiger partial charge in [-0.05, 0) is 58.0 Å². The van der Waals surface area contributed by atoms with Gasteiger partial charge in [-0.25, -0.2) is 0 Å². The van der Waals surface area contributed by atoms with E-state index in [0.29, 0.717) is 0 Å². The Kier molecular flexibility index (Phi) is 6.37. The highest BCUT2D eigenvalue weighted by atomic mass is 15.1. The highest BCUT2D eigenvalue weighted by Gasteiger charge is 2.29. The minimum Gasteiger partial charge on any atom is -0.315 e. The molecule has 0 saturated heterocycles. The molecule has 2 heteroatoms. The lowest BCUT2D eigenvalue weighted by molar-refractivity contribution is 0.234. The van der Waals surface area contributed by atoms with Gasteiger partial charge in [0, 0.05) is 19.1 Å². The van der Waals surface area contributed by atoms with E-state index < -0.39 is 0 Å². The van der Waals surface area contributed by atoms with Crippen LogP contribution in [0.1, 0.15) is 46.5 Å². The maximum absolute atomic E-state index is 3.54. The van der Waals surface area contributed by atoms with Gasteiger partial charge in [0.2, 0.25) is 0 Å². The summed E-state index contributed by atoms with van der Waals surface area (Å²) in [6, 6.07) is 0.789. The fraction of sp³-hybridized carbons (Fsp3) is 1.00. The smallest absolute Gasteiger partial charge is 0.0107 e. The maximum Gasteiger partial charge on any atom is 0.0107 e. The molecular formula is C14H30N2. The van der Waals surface area contributed by atoms with Crippen molar-refractivity contribution in [2.24, 2.45) is 11.8 Å². The van der Waals surface area contributed by atoms with Crippen molar-refractivity contribution in [3.63, 3.8) is 0 Å². The second-order valence-electron chi connectivity index (χ2n) is 5.84. The van der Waals surface area contributed by atoms with E-state index in [1.54, 1.807) is 0 Å². The van der Waals surface area contributed by atoms with Gasteiger partial charge >= 0.3 is 0 Å². The Morgan fingerprint density at radius 2 is 1.88 bits per heavy atom. The minimum atomic E-state index is 0.789. The van der Waals surface area contributed by atoms with Crippen LogP contribution in [0, 0.1) is 11.8 Å². The molecule has 1 atom stereocenters. The van der Waals surface area contributed by atoms with Crippen molar-refractivity contribution >= 4 is 0 Å². The van der Waals surface area contributed by atoms with Crippen LogP contribution in [0.3, 0.4) is 0 Å². The average Bonchev–Trinajstić information content (AvgIpc) is 3.05. The number of nitrogens with zero attached hydrogens (tertiary/aromatic N) is 1. The lowest BCUT2D eigenvalue weighted by Gasteiger charge is -2.24. The summed E-state index contributed by atoms with van der Waals surface area (Å²) in [5.74, 6) is 1.84. The molecule has 0 bridgehead atoms. The minimum absolute atomic E-state index is 0.789. The van der Waals surface area contributed by atoms with Crippen molar-refractivity contribution < 1.29 is 0 Å². The number of rotatable bonds is 9. The van der Waals surface area contributed by atoms with Crippen LogP contribution in [0.25, 0.3) is 0 Å². The molecule has 0 aromatic rings. The summed E-state index contributed by atoms with van der Waals surface area (Å²) < 4.78 is 0. The third kappa shape index (κ3) is 5.86. The quantitative estimate of drug-likeness (QED) is 0.608. The van der Waals surface area contributed by atoms with Gasteiger partial charge in [-0.2, -0.15) is 0 Å². The fourth-order valence-corrected chi connectivity index (χ4v) is 2.16. The summed E-state index contributed by atoms with van der Waals surface area (Å²) in [7, 11) is 2.26. The number of hydrogen-bond donors (Lipinski definition) is 1. The van der Waals surface area contributed by atoms with Crippen LogP contribution < -0.4 is 5.32 Å². The Hall–Kier alpha value is -0.0800. The summed E-state index contributed by atoms with van der Waals surface area (Å²) in [6.45, 7) is 10.5. The molecular weight excluding hydrogens is 196 g/mol. The van der Waals surface area contributed by atoms with Crippen molar-refractivity contribution in [2.75, 3.05) is 26.7 Å². The van der Waals surface area contributed by atoms with Gasteiger partial charge in [-0.1, -0.05) is 13.8 Å². The second-order valence-corrected chi connectivity index (χ2v) is 5.84. The molecule has 1 saturated carbocycles. The summed E-state index contributed by atoms with van der Waals surface area (Å²) >= 11 is 0. The van der Waals surface area contributed by atoms with Crippen molar-refractivity contribution in [1.82, 2.24) is 10.2 Å². The number of hydrogen-bond acceptors (Lipinski definition) is 2. The third-order valence-corrected chi connectivity index (χ3v) is 3.78. The van der Waals surface area contributed by atoms with Crippen LogP contribution >= 0.6 is 0 Å². The van der Waals surface area contributed by atoms with Crippen LogP contribution in [-0.2, 0) is 0 Å². The van der Waals surface area contributed by atoms with Gasteiger partial charge in [-0.15, -0.1) is 0 Å². The monoisotopic (exact) mass is 226 g/mol. The van der Waals surface area contributed by atoms with Crippen molar-refractivity contribution in [2.45, 2.75) is 52.5 Å². The van der Waals surface area contributed by atoms with E-state index in [1.165, 1.54) is 38.8 Å². The molecule has 1 aliphatic carbocycles. The normalized spacial score (nSPS) is 18.4. The first-order valence-corrected chi connectivity index (χ1v) is 7.02. The molecule has 0 aromatic heterocycles. The predicted octanol–water partition coefficient (Wildman–Crippen LogP) is 2.74. The third-order valence-electron chi connectivity index (χ3n) is 3.78. The highest BCUT2D eigenvalue weighted by molar-refractivity contribution is 4.84. The summed E-state index contributed by atoms with van der Waals surface area (Å²) in [5.41, 5.74) is 0. The van der Waals surface area contributed by atoms with Crippen LogP contribution in [-0.4, -0.2) is 37.6 Å². The number of nitrogens with one attached hydrogen (secondary N) is 1. The largest absolute Gasteiger partial charge is 0.315 e. The van der Waals surface area contributed by atoms with Crippen molar-refractivity contribution in [3.05, 3.63) is 0 Å². The Balaban J connectivity index is 1.90. The first-order valence-electron chi connectivity index (χ1n) is 7.02. The molecule has 2 nitrogen and oxygen atoms in total. The summed E-state index contributed by atoms with van der Waals surface area (Å²) in [5, 5.41) is 3.54. The molecule has 0 aliphatic heterocycles. The molecule has 1 fully saturated rings. The van der Waals surface area contributed by atoms with Crippen molar-refractivity contribution in [3.8, 4) is 0 Å². The van der Waals surface area contributed by atoms with Crippen LogP contribution in [0.15, 0.2) is 0 Å². The van der Waals surface area contributed by atoms with Crippen LogP contribution in [0.5, 0.6) is 0 Å². The van der Waals surface area contributed by atoms with Crippen LogP contribution in [0.2, 0.25) is 0 Å². The zero-order valence-corrected chi connectivity index (χ0v) is 11.6. The van der Waals surface area contributed by atoms with E-state index in [1.807, 2.05) is 0 Å². The van der Waals surface area contributed by atoms with E-state index in [2.05, 4.69) is 38.0 Å². The van der Waals surface area contributed by atoms with Gasteiger partial charge < -0.3 is 10.2 Å². The van der Waals surface area contributed by atoms with E-state index in [0.717, 1.165) is 24.4 Å². The molecule has 0 heterocycles. The Labute approximate surface area is 102 Å². The van der Waals surface area contributed by atoms with Gasteiger partial charge in [0.05, 0.1) is 0 Å². The molecule has 0 radical (unpaired) electrons. The van der Waals surface area contributed by atoms with Crippen LogP contribution in [0.4, 0.5) is 0 Å². The van der Waals surface area contributed by atoms with E-state index in [9.17, 15) is 0 Å². The second kappa shape index (κ2) is 7.29. The first kappa shape index (κ1) is 14.0. The summed E-state index contributed by atoms with van der Waals surface area (Å²) in [6.07, 6.45) is 5.57. The van der Waals surface area contributed by atoms with E-state index in [-0.39, 0.29) is 0 Å². The van der Waals surface area contributed by atoms with E-state index in [4.69, 9.17) is 0 Å². The summed E-state index contributed by atoms with van der Waals surface area (Å²) in [4.78, 5) is 2.51. The standard InChI is InChI=1S/C14H30N2/c1-12(2)6-5-9-15-10-11-16(4)13(3)14-7-8-14/h12-15H,5-11H2,1-4H3. The van der Waals surface area contributed by atoms with Gasteiger partial charge in [0.1, 0.15) is 0 Å². The Morgan fingerprint density at radius 1 is 1.19 bits per heavy atom. The molecule has 0 spiro atoms. The lowest BCUT2D eigenvalue weighted by atomic mass is 10.1. The van der Waals surface area contributed by atoms with Gasteiger partial charge in [0.15, 0.2) is 0 Å². The molecule has 1 N–H and O–H groups in total. The Bertz CT molecular complexity index is 176. The van der Waals surface area contributed by atoms with Gasteiger partial charge in [0.25, 0.3) is 0 Å². The van der Waals surface area contributed by atoms with Gasteiger partial charge in [-0.3, -0.25) is 0 Å². The predicted molar refractivity (Wildman–Crippen MR) is 71.8 cm³/mol. The zero-order valence-electron chi connectivity index (χ0n) is 11.6. The topological polar surface area (TPSA) is 15.3 Å². The molecule has 1 unspecified atom stereocenters. The fourth-order valence-electron chi connectivity index (χ4n) is 2.16. The number of likely N-dealkylation sites (N-methyl/N-ethyl adjacent to an activating group) is 1. The van der Waals surface area contributed by atoms with Crippen molar-refractivity contribution in [1.29, 1.82) is 0 Å².